The summed E-state index contributed by atoms with van der Waals surface area (Å²) in [5.74, 6) is -1.44. The van der Waals surface area contributed by atoms with E-state index in [1.807, 2.05) is 6.92 Å². The maximum absolute atomic E-state index is 13.8. The first-order valence-electron chi connectivity index (χ1n) is 15.4. The molecule has 48 heavy (non-hydrogen) atoms. The molecule has 3 aromatic rings. The molecule has 0 radical (unpaired) electrons. The average molecular weight is 688 g/mol. The van der Waals surface area contributed by atoms with Gasteiger partial charge in [-0.25, -0.2) is 19.7 Å². The maximum atomic E-state index is 13.8. The normalized spacial score (nSPS) is 18.3. The minimum atomic E-state index is -3.86. The number of nitrogens with zero attached hydrogens (tertiary/aromatic N) is 2. The molecule has 2 aliphatic rings. The van der Waals surface area contributed by atoms with Crippen molar-refractivity contribution in [2.24, 2.45) is 0 Å². The molecule has 4 heterocycles. The van der Waals surface area contributed by atoms with Gasteiger partial charge in [-0.2, -0.15) is 0 Å². The predicted molar refractivity (Wildman–Crippen MR) is 170 cm³/mol. The second kappa shape index (κ2) is 13.7. The van der Waals surface area contributed by atoms with Gasteiger partial charge in [-0.15, -0.1) is 0 Å². The summed E-state index contributed by atoms with van der Waals surface area (Å²) in [7, 11) is -2.53. The number of pyridine rings is 2. The number of fused-ring (bicyclic) bond motifs is 5. The number of aryl methyl sites for hydroxylation is 1. The summed E-state index contributed by atoms with van der Waals surface area (Å²) in [6.45, 7) is 7.57. The zero-order chi connectivity index (χ0) is 35.0. The minimum absolute atomic E-state index is 0.0355. The van der Waals surface area contributed by atoms with Crippen molar-refractivity contribution in [3.63, 3.8) is 0 Å². The lowest BCUT2D eigenvalue weighted by molar-refractivity contribution is -0.172. The first-order valence-corrected chi connectivity index (χ1v) is 17.2. The number of aromatic nitrogens is 2. The van der Waals surface area contributed by atoms with Crippen LogP contribution in [0.5, 0.6) is 5.75 Å². The number of methoxy groups -OCH3 is 1. The van der Waals surface area contributed by atoms with E-state index < -0.39 is 50.2 Å². The number of nitrogens with one attached hydrogen (secondary N) is 1. The first kappa shape index (κ1) is 35.0. The van der Waals surface area contributed by atoms with E-state index in [0.29, 0.717) is 28.7 Å². The zero-order valence-electron chi connectivity index (χ0n) is 27.5. The van der Waals surface area contributed by atoms with Crippen molar-refractivity contribution in [2.75, 3.05) is 20.3 Å². The molecule has 1 aromatic carbocycles. The predicted octanol–water partition coefficient (Wildman–Crippen LogP) is 3.86. The summed E-state index contributed by atoms with van der Waals surface area (Å²) in [6.07, 6.45) is -1.21. The molecule has 1 unspecified atom stereocenters. The van der Waals surface area contributed by atoms with E-state index in [1.165, 1.54) is 14.0 Å². The molecule has 0 fully saturated rings. The van der Waals surface area contributed by atoms with Gasteiger partial charge in [0.25, 0.3) is 5.56 Å². The lowest BCUT2D eigenvalue weighted by Crippen LogP contribution is -2.44. The maximum Gasteiger partial charge on any atom is 0.511 e. The summed E-state index contributed by atoms with van der Waals surface area (Å²) in [5.41, 5.74) is 1.46. The third-order valence-electron chi connectivity index (χ3n) is 8.14. The van der Waals surface area contributed by atoms with Crippen LogP contribution < -0.4 is 15.2 Å². The third kappa shape index (κ3) is 6.55. The van der Waals surface area contributed by atoms with E-state index in [2.05, 4.69) is 5.09 Å². The van der Waals surface area contributed by atoms with Crippen LogP contribution in [0.1, 0.15) is 63.3 Å². The van der Waals surface area contributed by atoms with E-state index in [0.717, 1.165) is 11.1 Å². The van der Waals surface area contributed by atoms with Crippen LogP contribution in [0, 0.1) is 0 Å². The van der Waals surface area contributed by atoms with Gasteiger partial charge in [0.15, 0.2) is 5.60 Å². The molecule has 0 amide bonds. The van der Waals surface area contributed by atoms with Crippen molar-refractivity contribution < 1.29 is 52.3 Å². The van der Waals surface area contributed by atoms with Crippen LogP contribution in [0.3, 0.4) is 0 Å². The van der Waals surface area contributed by atoms with Gasteiger partial charge in [-0.1, -0.05) is 13.8 Å². The Kier molecular flexibility index (Phi) is 9.97. The molecule has 0 saturated carbocycles. The van der Waals surface area contributed by atoms with Crippen LogP contribution in [0.15, 0.2) is 29.1 Å². The molecule has 15 nitrogen and oxygen atoms in total. The Labute approximate surface area is 275 Å². The van der Waals surface area contributed by atoms with Crippen molar-refractivity contribution in [1.82, 2.24) is 14.6 Å². The first-order chi connectivity index (χ1) is 22.7. The molecule has 0 spiro atoms. The number of aliphatic hydroxyl groups is 1. The molecular weight excluding hydrogens is 649 g/mol. The summed E-state index contributed by atoms with van der Waals surface area (Å²) in [6, 6.07) is 5.46. The monoisotopic (exact) mass is 687 g/mol. The standard InChI is InChI=1S/C32H38N3O12P/c1-7-20-21-11-19(47-48(41,16-42-6)34-18(5)29(37)44-15-45-31(39)46-17(3)4)9-10-25(21)33-27-22(20)13-35-26(27)12-24-23(28(35)36)14-43-30(38)32(24,40)8-2/h9-12,17-18,40H,7-8,13-16H2,1-6H3,(H,34,41)/t18-,32-,48?/m0/s1. The Balaban J connectivity index is 1.42. The second-order valence-corrected chi connectivity index (χ2v) is 13.8. The smallest absolute Gasteiger partial charge is 0.458 e. The van der Waals surface area contributed by atoms with Crippen LogP contribution in [-0.4, -0.2) is 65.1 Å². The molecule has 3 atom stereocenters. The van der Waals surface area contributed by atoms with Crippen molar-refractivity contribution >= 4 is 36.5 Å². The van der Waals surface area contributed by atoms with Crippen LogP contribution in [0.4, 0.5) is 4.79 Å². The van der Waals surface area contributed by atoms with Crippen LogP contribution in [-0.2, 0) is 63.0 Å². The number of cyclic esters (lactones) is 1. The Morgan fingerprint density at radius 2 is 1.90 bits per heavy atom. The van der Waals surface area contributed by atoms with E-state index in [1.54, 1.807) is 49.6 Å². The Morgan fingerprint density at radius 3 is 2.56 bits per heavy atom. The van der Waals surface area contributed by atoms with Crippen molar-refractivity contribution in [2.45, 2.75) is 78.4 Å². The van der Waals surface area contributed by atoms with Crippen LogP contribution in [0.2, 0.25) is 0 Å². The van der Waals surface area contributed by atoms with Crippen molar-refractivity contribution in [1.29, 1.82) is 0 Å². The highest BCUT2D eigenvalue weighted by Crippen LogP contribution is 2.45. The lowest BCUT2D eigenvalue weighted by atomic mass is 9.86. The second-order valence-electron chi connectivity index (χ2n) is 11.7. The van der Waals surface area contributed by atoms with Crippen LogP contribution >= 0.6 is 7.52 Å². The Morgan fingerprint density at radius 1 is 1.15 bits per heavy atom. The SMILES string of the molecule is CCc1c2c(nc3ccc(OP(=O)(COC)N[C@@H](C)C(=O)OCOC(=O)OC(C)C)cc13)-c1cc3c(c(=O)n1C2)COC(=O)[C@]3(O)CC. The van der Waals surface area contributed by atoms with Gasteiger partial charge in [-0.05, 0) is 63.4 Å². The fourth-order valence-electron chi connectivity index (χ4n) is 5.87. The highest BCUT2D eigenvalue weighted by atomic mass is 31.2. The van der Waals surface area contributed by atoms with Gasteiger partial charge < -0.3 is 37.9 Å². The molecule has 2 aliphatic heterocycles. The van der Waals surface area contributed by atoms with Gasteiger partial charge in [0.2, 0.25) is 6.79 Å². The number of benzene rings is 1. The molecular formula is C32H38N3O12P. The molecule has 16 heteroatoms. The summed E-state index contributed by atoms with van der Waals surface area (Å²) in [4.78, 5) is 55.0. The van der Waals surface area contributed by atoms with E-state index in [9.17, 15) is 28.8 Å². The number of hydrogen-bond acceptors (Lipinski definition) is 13. The number of ether oxygens (including phenoxy) is 5. The zero-order valence-corrected chi connectivity index (χ0v) is 28.4. The van der Waals surface area contributed by atoms with Crippen molar-refractivity contribution in [3.8, 4) is 17.1 Å². The van der Waals surface area contributed by atoms with Crippen molar-refractivity contribution in [3.05, 3.63) is 56.9 Å². The highest BCUT2D eigenvalue weighted by molar-refractivity contribution is 7.57. The summed E-state index contributed by atoms with van der Waals surface area (Å²) >= 11 is 0. The number of hydrogen-bond donors (Lipinski definition) is 2. The lowest BCUT2D eigenvalue weighted by Gasteiger charge is -2.31. The molecule has 0 bridgehead atoms. The minimum Gasteiger partial charge on any atom is -0.458 e. The summed E-state index contributed by atoms with van der Waals surface area (Å²) < 4.78 is 46.0. The Hall–Kier alpha value is -4.30. The number of carbonyl (C=O) groups is 3. The van der Waals surface area contributed by atoms with E-state index >= 15 is 0 Å². The van der Waals surface area contributed by atoms with E-state index in [-0.39, 0.29) is 48.4 Å². The fraction of sp³-hybridized carbons (Fsp3) is 0.469. The highest BCUT2D eigenvalue weighted by Gasteiger charge is 2.45. The number of carbonyl (C=O) groups excluding carboxylic acids is 3. The van der Waals surface area contributed by atoms with E-state index in [4.69, 9.17) is 33.2 Å². The fourth-order valence-corrected chi connectivity index (χ4v) is 7.54. The van der Waals surface area contributed by atoms with Gasteiger partial charge in [0.05, 0.1) is 35.1 Å². The van der Waals surface area contributed by atoms with Gasteiger partial charge >= 0.3 is 25.6 Å². The van der Waals surface area contributed by atoms with Crippen LogP contribution in [0.25, 0.3) is 22.3 Å². The number of esters is 2. The molecule has 0 aliphatic carbocycles. The molecule has 0 saturated heterocycles. The third-order valence-corrected chi connectivity index (χ3v) is 10.0. The molecule has 2 N–H and O–H groups in total. The van der Waals surface area contributed by atoms with Gasteiger partial charge in [-0.3, -0.25) is 14.2 Å². The Bertz CT molecular complexity index is 1890. The molecule has 258 valence electrons. The van der Waals surface area contributed by atoms with Gasteiger partial charge in [0, 0.05) is 23.6 Å². The topological polar surface area (TPSA) is 191 Å². The molecule has 5 rings (SSSR count). The average Bonchev–Trinajstić information content (AvgIpc) is 3.40. The summed E-state index contributed by atoms with van der Waals surface area (Å²) in [5, 5.41) is 14.5. The molecule has 2 aromatic heterocycles. The van der Waals surface area contributed by atoms with Gasteiger partial charge in [0.1, 0.15) is 24.7 Å². The quantitative estimate of drug-likeness (QED) is 0.0945. The largest absolute Gasteiger partial charge is 0.511 e. The number of rotatable bonds is 12.